The van der Waals surface area contributed by atoms with Gasteiger partial charge >= 0.3 is 0 Å². The summed E-state index contributed by atoms with van der Waals surface area (Å²) in [5.41, 5.74) is 2.20. The summed E-state index contributed by atoms with van der Waals surface area (Å²) in [5, 5.41) is 65.5. The fraction of sp³-hybridized carbons (Fsp3) is 0.206. The minimum absolute atomic E-state index is 0.00272. The second-order valence-electron chi connectivity index (χ2n) is 12.1. The number of aromatic hydroxyl groups is 2. The van der Waals surface area contributed by atoms with Crippen molar-refractivity contribution >= 4 is 66.5 Å². The van der Waals surface area contributed by atoms with Crippen LogP contribution in [0.2, 0.25) is 0 Å². The number of fused-ring (bicyclic) bond motifs is 11. The number of aliphatic hydroxyl groups is 4. The summed E-state index contributed by atoms with van der Waals surface area (Å²) >= 11 is 0. The minimum Gasteiger partial charge on any atom is -0.508 e. The van der Waals surface area contributed by atoms with Crippen LogP contribution in [0.25, 0.3) is 54.7 Å². The number of phenolic OH excluding ortho intramolecular Hbond substituents is 2. The predicted octanol–water partition coefficient (Wildman–Crippen LogP) is 2.68. The summed E-state index contributed by atoms with van der Waals surface area (Å²) in [6.07, 6.45) is -7.88. The van der Waals surface area contributed by atoms with Crippen LogP contribution < -0.4 is 0 Å². The van der Waals surface area contributed by atoms with E-state index in [4.69, 9.17) is 14.0 Å². The molecule has 4 aromatic carbocycles. The summed E-state index contributed by atoms with van der Waals surface area (Å²) in [4.78, 5) is 42.0. The van der Waals surface area contributed by atoms with E-state index >= 15 is 0 Å². The van der Waals surface area contributed by atoms with Crippen LogP contribution in [0.4, 0.5) is 0 Å². The van der Waals surface area contributed by atoms with E-state index in [2.05, 4.69) is 9.97 Å². The monoisotopic (exact) mass is 666 g/mol. The Morgan fingerprint density at radius 2 is 1.57 bits per heavy atom. The Hall–Kier alpha value is -5.55. The number of H-pyrrole nitrogens is 1. The number of aliphatic hydroxyl groups excluding tert-OH is 4. The van der Waals surface area contributed by atoms with Crippen LogP contribution in [0.5, 0.6) is 11.5 Å². The Bertz CT molecular complexity index is 2500. The standard InChI is InChI=1S/C34H26N4O11/c39-11-21-29(42)30(43)31(44)34(49-21)37-19-10-14(41)6-8-16(19)24-26-25(23-15-7-5-13(40)9-18(15)36-27(23)28(24)37)32(45)38(33(26)46)47-12-22-35-17-3-1-2-4-20(17)48-22/h1-10,21,29-31,34,36,39-44H,11-12H2. The molecule has 0 radical (unpaired) electrons. The van der Waals surface area contributed by atoms with Gasteiger partial charge in [0.2, 0.25) is 5.89 Å². The van der Waals surface area contributed by atoms with E-state index in [1.165, 1.54) is 34.9 Å². The van der Waals surface area contributed by atoms with Crippen molar-refractivity contribution in [2.75, 3.05) is 6.61 Å². The maximum atomic E-state index is 14.4. The number of ether oxygens (including phenoxy) is 1. The number of rotatable bonds is 5. The van der Waals surface area contributed by atoms with E-state index < -0.39 is 49.1 Å². The first-order valence-corrected chi connectivity index (χ1v) is 15.3. The van der Waals surface area contributed by atoms with Gasteiger partial charge in [-0.25, -0.2) is 4.98 Å². The van der Waals surface area contributed by atoms with E-state index in [0.717, 1.165) is 0 Å². The molecule has 1 fully saturated rings. The molecule has 3 aromatic heterocycles. The number of phenols is 2. The van der Waals surface area contributed by atoms with Crippen molar-refractivity contribution in [1.29, 1.82) is 0 Å². The number of carbonyl (C=O) groups is 2. The van der Waals surface area contributed by atoms with Gasteiger partial charge in [0.15, 0.2) is 18.4 Å². The van der Waals surface area contributed by atoms with Gasteiger partial charge in [-0.15, -0.1) is 5.06 Å². The Kier molecular flexibility index (Phi) is 6.32. The van der Waals surface area contributed by atoms with Crippen LogP contribution in [0.1, 0.15) is 32.8 Å². The molecule has 1 saturated heterocycles. The quantitative estimate of drug-likeness (QED) is 0.132. The second kappa shape index (κ2) is 10.5. The third kappa shape index (κ3) is 4.08. The molecule has 49 heavy (non-hydrogen) atoms. The van der Waals surface area contributed by atoms with Crippen molar-refractivity contribution in [3.63, 3.8) is 0 Å². The normalized spacial score (nSPS) is 22.9. The lowest BCUT2D eigenvalue weighted by atomic mass is 9.96. The highest BCUT2D eigenvalue weighted by atomic mass is 16.7. The third-order valence-corrected chi connectivity index (χ3v) is 9.33. The number of oxazole rings is 1. The van der Waals surface area contributed by atoms with Crippen molar-refractivity contribution in [2.45, 2.75) is 37.3 Å². The fourth-order valence-electron chi connectivity index (χ4n) is 7.17. The molecule has 0 aliphatic carbocycles. The summed E-state index contributed by atoms with van der Waals surface area (Å²) in [6, 6.07) is 15.8. The van der Waals surface area contributed by atoms with Crippen LogP contribution >= 0.6 is 0 Å². The molecule has 2 amide bonds. The number of nitrogens with zero attached hydrogens (tertiary/aromatic N) is 3. The topological polar surface area (TPSA) is 224 Å². The van der Waals surface area contributed by atoms with E-state index in [1.54, 1.807) is 30.3 Å². The van der Waals surface area contributed by atoms with E-state index in [9.17, 15) is 40.2 Å². The van der Waals surface area contributed by atoms with Gasteiger partial charge in [-0.05, 0) is 36.4 Å². The molecular formula is C34H26N4O11. The summed E-state index contributed by atoms with van der Waals surface area (Å²) in [5.74, 6) is -1.70. The molecule has 15 heteroatoms. The Morgan fingerprint density at radius 3 is 2.33 bits per heavy atom. The van der Waals surface area contributed by atoms with Gasteiger partial charge in [-0.1, -0.05) is 12.1 Å². The molecule has 5 heterocycles. The molecule has 2 aliphatic rings. The zero-order chi connectivity index (χ0) is 33.9. The first kappa shape index (κ1) is 29.6. The van der Waals surface area contributed by atoms with Crippen molar-refractivity contribution < 1.29 is 54.2 Å². The molecule has 0 bridgehead atoms. The van der Waals surface area contributed by atoms with Gasteiger partial charge in [0.05, 0.1) is 39.8 Å². The number of hydrogen-bond donors (Lipinski definition) is 7. The Labute approximate surface area is 273 Å². The fourth-order valence-corrected chi connectivity index (χ4v) is 7.17. The third-order valence-electron chi connectivity index (χ3n) is 9.33. The highest BCUT2D eigenvalue weighted by molar-refractivity contribution is 6.39. The Morgan fingerprint density at radius 1 is 0.857 bits per heavy atom. The van der Waals surface area contributed by atoms with Gasteiger partial charge in [0, 0.05) is 33.7 Å². The SMILES string of the molecule is O=C1c2c(c3c4ccc(O)cc4n(C4OC(CO)C(O)C(O)C4O)c3c3[nH]c4cc(O)ccc4c23)C(=O)N1OCc1nc2ccccc2o1. The lowest BCUT2D eigenvalue weighted by Crippen LogP contribution is -2.56. The molecule has 248 valence electrons. The molecule has 5 atom stereocenters. The first-order valence-electron chi connectivity index (χ1n) is 15.3. The van der Waals surface area contributed by atoms with Crippen molar-refractivity contribution in [3.05, 3.63) is 77.7 Å². The van der Waals surface area contributed by atoms with E-state index in [1.807, 2.05) is 0 Å². The minimum atomic E-state index is -1.75. The number of hydrogen-bond acceptors (Lipinski definition) is 12. The van der Waals surface area contributed by atoms with Crippen LogP contribution in [-0.4, -0.2) is 93.1 Å². The van der Waals surface area contributed by atoms with Gasteiger partial charge in [-0.3, -0.25) is 14.4 Å². The molecular weight excluding hydrogens is 640 g/mol. The molecule has 0 saturated carbocycles. The van der Waals surface area contributed by atoms with Crippen LogP contribution in [0.3, 0.4) is 0 Å². The zero-order valence-electron chi connectivity index (χ0n) is 25.1. The van der Waals surface area contributed by atoms with Gasteiger partial charge < -0.3 is 49.3 Å². The van der Waals surface area contributed by atoms with Crippen LogP contribution in [0, 0.1) is 0 Å². The number of carbonyl (C=O) groups excluding carboxylic acids is 2. The molecule has 2 aliphatic heterocycles. The lowest BCUT2D eigenvalue weighted by molar-refractivity contribution is -0.249. The molecule has 9 rings (SSSR count). The number of amides is 2. The number of benzene rings is 4. The number of aromatic nitrogens is 3. The molecule has 15 nitrogen and oxygen atoms in total. The smallest absolute Gasteiger partial charge is 0.286 e. The van der Waals surface area contributed by atoms with E-state index in [-0.39, 0.29) is 51.5 Å². The van der Waals surface area contributed by atoms with E-state index in [0.29, 0.717) is 43.4 Å². The number of nitrogens with one attached hydrogen (secondary N) is 1. The highest BCUT2D eigenvalue weighted by Crippen LogP contribution is 2.48. The predicted molar refractivity (Wildman–Crippen MR) is 170 cm³/mol. The number of para-hydroxylation sites is 2. The lowest BCUT2D eigenvalue weighted by Gasteiger charge is -2.41. The maximum absolute atomic E-state index is 14.4. The molecule has 7 N–H and O–H groups in total. The second-order valence-corrected chi connectivity index (χ2v) is 12.1. The number of aromatic amines is 1. The zero-order valence-corrected chi connectivity index (χ0v) is 25.1. The average molecular weight is 667 g/mol. The summed E-state index contributed by atoms with van der Waals surface area (Å²) < 4.78 is 13.2. The molecule has 5 unspecified atom stereocenters. The molecule has 0 spiro atoms. The van der Waals surface area contributed by atoms with Crippen molar-refractivity contribution in [2.24, 2.45) is 0 Å². The molecule has 7 aromatic rings. The van der Waals surface area contributed by atoms with Crippen molar-refractivity contribution in [3.8, 4) is 11.5 Å². The Balaban J connectivity index is 1.32. The summed E-state index contributed by atoms with van der Waals surface area (Å²) in [6.45, 7) is -1.05. The largest absolute Gasteiger partial charge is 0.508 e. The van der Waals surface area contributed by atoms with Gasteiger partial charge in [0.25, 0.3) is 11.8 Å². The van der Waals surface area contributed by atoms with Crippen LogP contribution in [-0.2, 0) is 16.2 Å². The van der Waals surface area contributed by atoms with Crippen LogP contribution in [0.15, 0.2) is 65.1 Å². The van der Waals surface area contributed by atoms with Crippen molar-refractivity contribution in [1.82, 2.24) is 19.6 Å². The average Bonchev–Trinajstić information content (AvgIpc) is 3.82. The van der Waals surface area contributed by atoms with Gasteiger partial charge in [-0.2, -0.15) is 0 Å². The highest BCUT2D eigenvalue weighted by Gasteiger charge is 2.47. The first-order chi connectivity index (χ1) is 23.7. The maximum Gasteiger partial charge on any atom is 0.286 e. The summed E-state index contributed by atoms with van der Waals surface area (Å²) in [7, 11) is 0. The van der Waals surface area contributed by atoms with Gasteiger partial charge in [0.1, 0.15) is 41.4 Å². The number of imide groups is 1. The number of hydroxylamine groups is 2.